The van der Waals surface area contributed by atoms with E-state index >= 15 is 0 Å². The molecule has 0 bridgehead atoms. The molecule has 0 spiro atoms. The number of hydrogen-bond acceptors (Lipinski definition) is 1. The van der Waals surface area contributed by atoms with Crippen molar-refractivity contribution in [1.29, 1.82) is 0 Å². The van der Waals surface area contributed by atoms with Gasteiger partial charge in [0.1, 0.15) is 5.82 Å². The van der Waals surface area contributed by atoms with Crippen LogP contribution in [0.2, 0.25) is 5.02 Å². The highest BCUT2D eigenvalue weighted by Gasteiger charge is 2.23. The van der Waals surface area contributed by atoms with E-state index in [1.807, 2.05) is 0 Å². The molecule has 0 unspecified atom stereocenters. The fraction of sp³-hybridized carbons (Fsp3) is 0. The second-order valence-corrected chi connectivity index (χ2v) is 4.91. The maximum absolute atomic E-state index is 13.8. The van der Waals surface area contributed by atoms with E-state index in [2.05, 4.69) is 15.9 Å². The zero-order valence-corrected chi connectivity index (χ0v) is 11.5. The molecular formula is C13H5BrClF3O. The predicted molar refractivity (Wildman–Crippen MR) is 68.9 cm³/mol. The van der Waals surface area contributed by atoms with Gasteiger partial charge in [-0.3, -0.25) is 4.79 Å². The Morgan fingerprint density at radius 3 is 2.42 bits per heavy atom. The lowest BCUT2D eigenvalue weighted by Crippen LogP contribution is -2.09. The van der Waals surface area contributed by atoms with Crippen LogP contribution >= 0.6 is 27.5 Å². The van der Waals surface area contributed by atoms with Crippen molar-refractivity contribution < 1.29 is 18.0 Å². The summed E-state index contributed by atoms with van der Waals surface area (Å²) in [7, 11) is 0. The van der Waals surface area contributed by atoms with Crippen LogP contribution in [0.25, 0.3) is 0 Å². The second-order valence-electron chi connectivity index (χ2n) is 3.65. The van der Waals surface area contributed by atoms with Crippen molar-refractivity contribution >= 4 is 33.3 Å². The monoisotopic (exact) mass is 348 g/mol. The molecule has 0 amide bonds. The molecule has 6 heteroatoms. The molecule has 0 aromatic heterocycles. The summed E-state index contributed by atoms with van der Waals surface area (Å²) in [6.45, 7) is 0. The van der Waals surface area contributed by atoms with Crippen LogP contribution in [0.1, 0.15) is 15.9 Å². The number of halogens is 5. The number of carbonyl (C=O) groups excluding carboxylic acids is 1. The van der Waals surface area contributed by atoms with Gasteiger partial charge in [-0.05, 0) is 40.2 Å². The van der Waals surface area contributed by atoms with Gasteiger partial charge in [-0.2, -0.15) is 0 Å². The summed E-state index contributed by atoms with van der Waals surface area (Å²) in [5.74, 6) is -4.48. The van der Waals surface area contributed by atoms with Crippen LogP contribution in [-0.2, 0) is 0 Å². The molecule has 2 rings (SSSR count). The summed E-state index contributed by atoms with van der Waals surface area (Å²) in [5, 5.41) is -0.275. The Morgan fingerprint density at radius 2 is 1.74 bits per heavy atom. The van der Waals surface area contributed by atoms with Crippen molar-refractivity contribution in [3.63, 3.8) is 0 Å². The van der Waals surface area contributed by atoms with E-state index in [1.165, 1.54) is 18.2 Å². The highest BCUT2D eigenvalue weighted by molar-refractivity contribution is 9.10. The molecule has 0 heterocycles. The quantitative estimate of drug-likeness (QED) is 0.565. The standard InChI is InChI=1S/C13H5BrClF3O/c14-7-3-1-2-6(11(7)17)13(19)10-8(15)4-5-9(16)12(10)18/h1-5H. The summed E-state index contributed by atoms with van der Waals surface area (Å²) in [6.07, 6.45) is 0. The predicted octanol–water partition coefficient (Wildman–Crippen LogP) is 4.75. The Labute approximate surface area is 120 Å². The first-order valence-corrected chi connectivity index (χ1v) is 6.22. The third-order valence-electron chi connectivity index (χ3n) is 2.47. The van der Waals surface area contributed by atoms with E-state index in [-0.39, 0.29) is 15.1 Å². The Balaban J connectivity index is 2.63. The lowest BCUT2D eigenvalue weighted by atomic mass is 10.0. The van der Waals surface area contributed by atoms with Crippen LogP contribution < -0.4 is 0 Å². The molecule has 0 N–H and O–H groups in total. The molecule has 1 nitrogen and oxygen atoms in total. The molecule has 2 aromatic rings. The third kappa shape index (κ3) is 2.53. The highest BCUT2D eigenvalue weighted by Crippen LogP contribution is 2.27. The fourth-order valence-corrected chi connectivity index (χ4v) is 2.15. The van der Waals surface area contributed by atoms with Gasteiger partial charge in [-0.1, -0.05) is 17.7 Å². The van der Waals surface area contributed by atoms with Gasteiger partial charge < -0.3 is 0 Å². The van der Waals surface area contributed by atoms with E-state index < -0.39 is 28.8 Å². The van der Waals surface area contributed by atoms with Gasteiger partial charge in [0.25, 0.3) is 0 Å². The van der Waals surface area contributed by atoms with Gasteiger partial charge in [-0.25, -0.2) is 13.2 Å². The molecule has 0 fully saturated rings. The van der Waals surface area contributed by atoms with E-state index in [0.717, 1.165) is 12.1 Å². The van der Waals surface area contributed by atoms with Crippen LogP contribution in [0.15, 0.2) is 34.8 Å². The summed E-state index contributed by atoms with van der Waals surface area (Å²) >= 11 is 8.59. The summed E-state index contributed by atoms with van der Waals surface area (Å²) in [6, 6.07) is 5.80. The van der Waals surface area contributed by atoms with Crippen molar-refractivity contribution in [1.82, 2.24) is 0 Å². The maximum atomic E-state index is 13.8. The molecular weight excluding hydrogens is 344 g/mol. The minimum Gasteiger partial charge on any atom is -0.288 e. The number of carbonyl (C=O) groups is 1. The topological polar surface area (TPSA) is 17.1 Å². The van der Waals surface area contributed by atoms with E-state index in [4.69, 9.17) is 11.6 Å². The van der Waals surface area contributed by atoms with E-state index in [0.29, 0.717) is 0 Å². The number of hydrogen-bond donors (Lipinski definition) is 0. The van der Waals surface area contributed by atoms with Crippen molar-refractivity contribution in [2.45, 2.75) is 0 Å². The third-order valence-corrected chi connectivity index (χ3v) is 3.39. The zero-order valence-electron chi connectivity index (χ0n) is 9.18. The first-order chi connectivity index (χ1) is 8.93. The van der Waals surface area contributed by atoms with Crippen LogP contribution in [0.3, 0.4) is 0 Å². The Kier molecular flexibility index (Phi) is 3.96. The number of benzene rings is 2. The molecule has 0 saturated carbocycles. The summed E-state index contributed by atoms with van der Waals surface area (Å²) < 4.78 is 40.6. The molecule has 0 radical (unpaired) electrons. The van der Waals surface area contributed by atoms with Crippen LogP contribution in [0.5, 0.6) is 0 Å². The Morgan fingerprint density at radius 1 is 1.05 bits per heavy atom. The van der Waals surface area contributed by atoms with Crippen LogP contribution in [0, 0.1) is 17.5 Å². The summed E-state index contributed by atoms with van der Waals surface area (Å²) in [4.78, 5) is 12.1. The molecule has 0 aliphatic rings. The van der Waals surface area contributed by atoms with Gasteiger partial charge in [0, 0.05) is 0 Å². The molecule has 2 aromatic carbocycles. The van der Waals surface area contributed by atoms with Crippen LogP contribution in [0.4, 0.5) is 13.2 Å². The largest absolute Gasteiger partial charge is 0.288 e. The molecule has 0 atom stereocenters. The number of ketones is 1. The first kappa shape index (κ1) is 14.1. The first-order valence-electron chi connectivity index (χ1n) is 5.05. The van der Waals surface area contributed by atoms with E-state index in [9.17, 15) is 18.0 Å². The van der Waals surface area contributed by atoms with Gasteiger partial charge in [0.05, 0.1) is 20.6 Å². The van der Waals surface area contributed by atoms with Crippen molar-refractivity contribution in [3.05, 3.63) is 68.4 Å². The van der Waals surface area contributed by atoms with Gasteiger partial charge >= 0.3 is 0 Å². The Bertz CT molecular complexity index is 673. The van der Waals surface area contributed by atoms with E-state index in [1.54, 1.807) is 0 Å². The second kappa shape index (κ2) is 5.35. The van der Waals surface area contributed by atoms with Crippen molar-refractivity contribution in [2.75, 3.05) is 0 Å². The zero-order chi connectivity index (χ0) is 14.2. The lowest BCUT2D eigenvalue weighted by Gasteiger charge is -2.07. The average Bonchev–Trinajstić information content (AvgIpc) is 2.37. The minimum absolute atomic E-state index is 0.0475. The minimum atomic E-state index is -1.39. The number of rotatable bonds is 2. The van der Waals surface area contributed by atoms with Gasteiger partial charge in [0.2, 0.25) is 5.78 Å². The summed E-state index contributed by atoms with van der Waals surface area (Å²) in [5.41, 5.74) is -1.07. The maximum Gasteiger partial charge on any atom is 0.200 e. The molecule has 0 aliphatic carbocycles. The van der Waals surface area contributed by atoms with Crippen molar-refractivity contribution in [3.8, 4) is 0 Å². The molecule has 19 heavy (non-hydrogen) atoms. The normalized spacial score (nSPS) is 10.6. The lowest BCUT2D eigenvalue weighted by molar-refractivity contribution is 0.103. The molecule has 0 aliphatic heterocycles. The van der Waals surface area contributed by atoms with Gasteiger partial charge in [0.15, 0.2) is 11.6 Å². The molecule has 0 saturated heterocycles. The van der Waals surface area contributed by atoms with Gasteiger partial charge in [-0.15, -0.1) is 0 Å². The Hall–Kier alpha value is -1.33. The SMILES string of the molecule is O=C(c1cccc(Br)c1F)c1c(Cl)ccc(F)c1F. The smallest absolute Gasteiger partial charge is 0.200 e. The fourth-order valence-electron chi connectivity index (χ4n) is 1.55. The molecule has 98 valence electrons. The van der Waals surface area contributed by atoms with Crippen LogP contribution in [-0.4, -0.2) is 5.78 Å². The van der Waals surface area contributed by atoms with Crippen molar-refractivity contribution in [2.24, 2.45) is 0 Å². The highest BCUT2D eigenvalue weighted by atomic mass is 79.9. The average molecular weight is 350 g/mol.